The third-order valence-corrected chi connectivity index (χ3v) is 3.48. The fourth-order valence-electron chi connectivity index (χ4n) is 1.53. The number of aryl methyl sites for hydroxylation is 1. The summed E-state index contributed by atoms with van der Waals surface area (Å²) in [5.74, 6) is 5.39. The maximum atomic E-state index is 12.5. The molecule has 2 heterocycles. The summed E-state index contributed by atoms with van der Waals surface area (Å²) < 4.78 is 38.9. The van der Waals surface area contributed by atoms with Gasteiger partial charge in [-0.1, -0.05) is 0 Å². The van der Waals surface area contributed by atoms with Gasteiger partial charge in [-0.05, 0) is 6.07 Å². The minimum atomic E-state index is -4.44. The van der Waals surface area contributed by atoms with Crippen LogP contribution < -0.4 is 11.3 Å². The second-order valence-electron chi connectivity index (χ2n) is 3.54. The lowest BCUT2D eigenvalue weighted by Crippen LogP contribution is -2.29. The molecule has 0 spiro atoms. The molecular formula is C9H10F3N5S. The molecule has 2 rings (SSSR count). The predicted molar refractivity (Wildman–Crippen MR) is 59.5 cm³/mol. The van der Waals surface area contributed by atoms with Gasteiger partial charge in [0.25, 0.3) is 0 Å². The lowest BCUT2D eigenvalue weighted by atomic mass is 10.2. The average molecular weight is 277 g/mol. The number of nitrogens with one attached hydrogen (secondary N) is 1. The number of hydrazine groups is 1. The van der Waals surface area contributed by atoms with Crippen molar-refractivity contribution < 1.29 is 13.2 Å². The first-order valence-electron chi connectivity index (χ1n) is 4.90. The average Bonchev–Trinajstić information content (AvgIpc) is 2.89. The van der Waals surface area contributed by atoms with E-state index in [0.717, 1.165) is 0 Å². The molecule has 0 fully saturated rings. The van der Waals surface area contributed by atoms with E-state index >= 15 is 0 Å². The van der Waals surface area contributed by atoms with Crippen molar-refractivity contribution in [2.45, 2.75) is 12.2 Å². The van der Waals surface area contributed by atoms with Crippen LogP contribution in [0.5, 0.6) is 0 Å². The van der Waals surface area contributed by atoms with Crippen molar-refractivity contribution in [2.24, 2.45) is 12.9 Å². The van der Waals surface area contributed by atoms with Crippen LogP contribution in [0.15, 0.2) is 18.5 Å². The molecule has 1 atom stereocenters. The van der Waals surface area contributed by atoms with Crippen LogP contribution in [0.3, 0.4) is 0 Å². The molecule has 3 N–H and O–H groups in total. The number of halogens is 3. The summed E-state index contributed by atoms with van der Waals surface area (Å²) in [5.41, 5.74) is 3.13. The fourth-order valence-corrected chi connectivity index (χ4v) is 2.39. The number of nitrogens with two attached hydrogens (primary N) is 1. The van der Waals surface area contributed by atoms with Crippen LogP contribution in [0.25, 0.3) is 0 Å². The molecule has 0 aliphatic rings. The first-order chi connectivity index (χ1) is 8.43. The highest BCUT2D eigenvalue weighted by molar-refractivity contribution is 7.11. The van der Waals surface area contributed by atoms with Crippen molar-refractivity contribution in [2.75, 3.05) is 0 Å². The minimum Gasteiger partial charge on any atom is -0.271 e. The highest BCUT2D eigenvalue weighted by Crippen LogP contribution is 2.35. The summed E-state index contributed by atoms with van der Waals surface area (Å²) >= 11 is 0.560. The molecule has 0 aromatic carbocycles. The Bertz CT molecular complexity index is 532. The number of thiazole rings is 1. The maximum absolute atomic E-state index is 12.5. The van der Waals surface area contributed by atoms with E-state index in [9.17, 15) is 13.2 Å². The molecule has 98 valence electrons. The fraction of sp³-hybridized carbons (Fsp3) is 0.333. The van der Waals surface area contributed by atoms with E-state index in [1.807, 2.05) is 0 Å². The number of hydrogen-bond donors (Lipinski definition) is 2. The summed E-state index contributed by atoms with van der Waals surface area (Å²) in [5, 5.41) is 3.06. The van der Waals surface area contributed by atoms with Crippen LogP contribution in [0.2, 0.25) is 0 Å². The maximum Gasteiger partial charge on any atom is 0.443 e. The quantitative estimate of drug-likeness (QED) is 0.658. The third kappa shape index (κ3) is 2.37. The number of hydrogen-bond acceptors (Lipinski definition) is 5. The standard InChI is InChI=1S/C9H10F3N5S/c1-17-5(2-3-15-17)7(16-13)6-4-14-8(18-6)9(10,11)12/h2-4,7,16H,13H2,1H3. The molecule has 0 aliphatic carbocycles. The van der Waals surface area contributed by atoms with E-state index in [-0.39, 0.29) is 0 Å². The third-order valence-electron chi connectivity index (χ3n) is 2.37. The molecule has 9 heteroatoms. The molecule has 0 amide bonds. The van der Waals surface area contributed by atoms with E-state index in [2.05, 4.69) is 15.5 Å². The SMILES string of the molecule is Cn1nccc1C(NN)c1cnc(C(F)(F)F)s1. The molecule has 2 aromatic rings. The van der Waals surface area contributed by atoms with Gasteiger partial charge in [-0.2, -0.15) is 18.3 Å². The lowest BCUT2D eigenvalue weighted by molar-refractivity contribution is -0.137. The van der Waals surface area contributed by atoms with Crippen molar-refractivity contribution in [3.05, 3.63) is 34.0 Å². The van der Waals surface area contributed by atoms with Crippen LogP contribution in [-0.4, -0.2) is 14.8 Å². The van der Waals surface area contributed by atoms with E-state index in [4.69, 9.17) is 5.84 Å². The Balaban J connectivity index is 2.35. The highest BCUT2D eigenvalue weighted by Gasteiger charge is 2.35. The second-order valence-corrected chi connectivity index (χ2v) is 4.61. The van der Waals surface area contributed by atoms with Crippen LogP contribution in [0, 0.1) is 0 Å². The van der Waals surface area contributed by atoms with Crippen molar-refractivity contribution in [3.63, 3.8) is 0 Å². The van der Waals surface area contributed by atoms with Gasteiger partial charge in [0.05, 0.1) is 11.7 Å². The van der Waals surface area contributed by atoms with Gasteiger partial charge in [0.2, 0.25) is 0 Å². The zero-order chi connectivity index (χ0) is 13.3. The molecule has 0 saturated heterocycles. The largest absolute Gasteiger partial charge is 0.443 e. The van der Waals surface area contributed by atoms with Gasteiger partial charge in [0.15, 0.2) is 5.01 Å². The van der Waals surface area contributed by atoms with Crippen molar-refractivity contribution in [1.29, 1.82) is 0 Å². The Morgan fingerprint density at radius 1 is 1.50 bits per heavy atom. The van der Waals surface area contributed by atoms with Gasteiger partial charge in [0, 0.05) is 24.3 Å². The van der Waals surface area contributed by atoms with Crippen LogP contribution >= 0.6 is 11.3 Å². The molecule has 18 heavy (non-hydrogen) atoms. The monoisotopic (exact) mass is 277 g/mol. The van der Waals surface area contributed by atoms with Gasteiger partial charge in [-0.25, -0.2) is 10.4 Å². The Morgan fingerprint density at radius 2 is 2.22 bits per heavy atom. The summed E-state index contributed by atoms with van der Waals surface area (Å²) in [4.78, 5) is 3.75. The summed E-state index contributed by atoms with van der Waals surface area (Å²) in [6.07, 6.45) is -1.72. The second kappa shape index (κ2) is 4.67. The van der Waals surface area contributed by atoms with E-state index < -0.39 is 17.2 Å². The Labute approximate surface area is 104 Å². The normalized spacial score (nSPS) is 13.8. The highest BCUT2D eigenvalue weighted by atomic mass is 32.1. The van der Waals surface area contributed by atoms with Crippen LogP contribution in [0.4, 0.5) is 13.2 Å². The molecular weight excluding hydrogens is 267 g/mol. The van der Waals surface area contributed by atoms with E-state index in [1.54, 1.807) is 19.3 Å². The van der Waals surface area contributed by atoms with Crippen LogP contribution in [0.1, 0.15) is 21.6 Å². The number of nitrogens with zero attached hydrogens (tertiary/aromatic N) is 3. The first-order valence-corrected chi connectivity index (χ1v) is 5.72. The lowest BCUT2D eigenvalue weighted by Gasteiger charge is -2.13. The zero-order valence-corrected chi connectivity index (χ0v) is 10.1. The Hall–Kier alpha value is -1.45. The molecule has 0 radical (unpaired) electrons. The molecule has 0 bridgehead atoms. The topological polar surface area (TPSA) is 68.8 Å². The smallest absolute Gasteiger partial charge is 0.271 e. The Morgan fingerprint density at radius 3 is 2.67 bits per heavy atom. The molecule has 0 aliphatic heterocycles. The van der Waals surface area contributed by atoms with Gasteiger partial charge in [-0.15, -0.1) is 11.3 Å². The van der Waals surface area contributed by atoms with Gasteiger partial charge >= 0.3 is 6.18 Å². The van der Waals surface area contributed by atoms with Gasteiger partial charge in [0.1, 0.15) is 0 Å². The number of aromatic nitrogens is 3. The molecule has 2 aromatic heterocycles. The predicted octanol–water partition coefficient (Wildman–Crippen LogP) is 1.45. The Kier molecular flexibility index (Phi) is 3.37. The van der Waals surface area contributed by atoms with Crippen molar-refractivity contribution in [3.8, 4) is 0 Å². The summed E-state index contributed by atoms with van der Waals surface area (Å²) in [7, 11) is 1.69. The van der Waals surface area contributed by atoms with Crippen LogP contribution in [-0.2, 0) is 13.2 Å². The van der Waals surface area contributed by atoms with Gasteiger partial charge < -0.3 is 0 Å². The minimum absolute atomic E-state index is 0.383. The molecule has 1 unspecified atom stereocenters. The van der Waals surface area contributed by atoms with Crippen molar-refractivity contribution >= 4 is 11.3 Å². The molecule has 0 saturated carbocycles. The van der Waals surface area contributed by atoms with Gasteiger partial charge in [-0.3, -0.25) is 10.5 Å². The van der Waals surface area contributed by atoms with E-state index in [1.165, 1.54) is 10.9 Å². The summed E-state index contributed by atoms with van der Waals surface area (Å²) in [6.45, 7) is 0. The number of rotatable bonds is 3. The summed E-state index contributed by atoms with van der Waals surface area (Å²) in [6, 6.07) is 1.11. The van der Waals surface area contributed by atoms with E-state index in [0.29, 0.717) is 21.9 Å². The molecule has 5 nitrogen and oxygen atoms in total. The van der Waals surface area contributed by atoms with Crippen molar-refractivity contribution in [1.82, 2.24) is 20.2 Å². The number of alkyl halides is 3. The zero-order valence-electron chi connectivity index (χ0n) is 9.27. The first kappa shape index (κ1) is 13.0.